The third kappa shape index (κ3) is 5.03. The first kappa shape index (κ1) is 21.7. The minimum absolute atomic E-state index is 0.506. The maximum Gasteiger partial charge on any atom is 0.229 e. The third-order valence-electron chi connectivity index (χ3n) is 6.58. The zero-order valence-corrected chi connectivity index (χ0v) is 19.2. The van der Waals surface area contributed by atoms with Crippen LogP contribution in [0, 0.1) is 5.92 Å². The van der Waals surface area contributed by atoms with Crippen molar-refractivity contribution in [2.45, 2.75) is 32.1 Å². The normalized spacial score (nSPS) is 18.2. The molecule has 7 heteroatoms. The van der Waals surface area contributed by atoms with Gasteiger partial charge in [-0.1, -0.05) is 31.4 Å². The van der Waals surface area contributed by atoms with Gasteiger partial charge in [-0.25, -0.2) is 0 Å². The summed E-state index contributed by atoms with van der Waals surface area (Å²) in [5, 5.41) is 0. The number of aromatic nitrogens is 2. The highest BCUT2D eigenvalue weighted by molar-refractivity contribution is 5.85. The van der Waals surface area contributed by atoms with Gasteiger partial charge in [0.15, 0.2) is 0 Å². The van der Waals surface area contributed by atoms with E-state index in [2.05, 4.69) is 9.80 Å². The van der Waals surface area contributed by atoms with Crippen molar-refractivity contribution in [3.05, 3.63) is 24.3 Å². The molecule has 0 bridgehead atoms. The zero-order chi connectivity index (χ0) is 21.8. The number of methoxy groups -OCH3 is 1. The molecule has 0 radical (unpaired) electrons. The second-order valence-corrected chi connectivity index (χ2v) is 9.03. The number of nitrogen functional groups attached to an aromatic ring is 1. The molecule has 0 unspecified atom stereocenters. The number of benzene rings is 1. The summed E-state index contributed by atoms with van der Waals surface area (Å²) in [4.78, 5) is 16.6. The van der Waals surface area contributed by atoms with Crippen molar-refractivity contribution in [3.63, 3.8) is 0 Å². The molecule has 2 heterocycles. The lowest BCUT2D eigenvalue weighted by atomic mass is 9.89. The number of nitrogens with two attached hydrogens (primary N) is 1. The van der Waals surface area contributed by atoms with E-state index >= 15 is 0 Å². The molecule has 1 saturated heterocycles. The van der Waals surface area contributed by atoms with Gasteiger partial charge in [0, 0.05) is 46.8 Å². The average molecular weight is 425 g/mol. The molecule has 0 atom stereocenters. The molecule has 7 nitrogen and oxygen atoms in total. The van der Waals surface area contributed by atoms with Crippen LogP contribution in [-0.4, -0.2) is 68.8 Å². The first-order valence-corrected chi connectivity index (χ1v) is 11.5. The number of anilines is 3. The van der Waals surface area contributed by atoms with E-state index in [1.165, 1.54) is 38.6 Å². The lowest BCUT2D eigenvalue weighted by Gasteiger charge is -2.37. The Bertz CT molecular complexity index is 872. The molecular formula is C24H36N6O. The molecule has 2 aliphatic rings. The molecule has 1 aromatic carbocycles. The van der Waals surface area contributed by atoms with Crippen molar-refractivity contribution in [2.75, 3.05) is 69.5 Å². The zero-order valence-electron chi connectivity index (χ0n) is 19.2. The van der Waals surface area contributed by atoms with Crippen molar-refractivity contribution < 1.29 is 4.74 Å². The van der Waals surface area contributed by atoms with Gasteiger partial charge >= 0.3 is 0 Å². The van der Waals surface area contributed by atoms with E-state index < -0.39 is 0 Å². The SMILES string of the molecule is COc1cccc(-c2c(N)nc(N3CCN(CC4CCCCC4)CC3)nc2N(C)C)c1. The van der Waals surface area contributed by atoms with Gasteiger partial charge in [-0.2, -0.15) is 9.97 Å². The fourth-order valence-corrected chi connectivity index (χ4v) is 4.84. The van der Waals surface area contributed by atoms with E-state index in [0.29, 0.717) is 5.82 Å². The molecule has 168 valence electrons. The highest BCUT2D eigenvalue weighted by atomic mass is 16.5. The maximum absolute atomic E-state index is 6.49. The number of hydrogen-bond donors (Lipinski definition) is 1. The molecule has 1 saturated carbocycles. The summed E-state index contributed by atoms with van der Waals surface area (Å²) >= 11 is 0. The monoisotopic (exact) mass is 424 g/mol. The van der Waals surface area contributed by atoms with Crippen LogP contribution in [0.25, 0.3) is 11.1 Å². The Morgan fingerprint density at radius 1 is 1.06 bits per heavy atom. The largest absolute Gasteiger partial charge is 0.497 e. The number of piperazine rings is 1. The van der Waals surface area contributed by atoms with Crippen molar-refractivity contribution in [2.24, 2.45) is 5.92 Å². The van der Waals surface area contributed by atoms with Gasteiger partial charge in [-0.3, -0.25) is 4.90 Å². The molecule has 0 spiro atoms. The molecule has 31 heavy (non-hydrogen) atoms. The Morgan fingerprint density at radius 2 is 1.81 bits per heavy atom. The van der Waals surface area contributed by atoms with E-state index in [-0.39, 0.29) is 0 Å². The van der Waals surface area contributed by atoms with Crippen LogP contribution in [0.4, 0.5) is 17.6 Å². The number of hydrogen-bond acceptors (Lipinski definition) is 7. The van der Waals surface area contributed by atoms with E-state index in [9.17, 15) is 0 Å². The molecule has 1 aromatic heterocycles. The average Bonchev–Trinajstić information content (AvgIpc) is 2.79. The minimum Gasteiger partial charge on any atom is -0.497 e. The van der Waals surface area contributed by atoms with Crippen LogP contribution < -0.4 is 20.3 Å². The van der Waals surface area contributed by atoms with Crippen LogP contribution in [-0.2, 0) is 0 Å². The highest BCUT2D eigenvalue weighted by Gasteiger charge is 2.25. The van der Waals surface area contributed by atoms with E-state index in [1.807, 2.05) is 43.3 Å². The number of nitrogens with zero attached hydrogens (tertiary/aromatic N) is 5. The summed E-state index contributed by atoms with van der Waals surface area (Å²) in [5.74, 6) is 3.74. The van der Waals surface area contributed by atoms with Crippen molar-refractivity contribution in [1.82, 2.24) is 14.9 Å². The van der Waals surface area contributed by atoms with Gasteiger partial charge in [-0.05, 0) is 36.5 Å². The van der Waals surface area contributed by atoms with Crippen molar-refractivity contribution in [1.29, 1.82) is 0 Å². The third-order valence-corrected chi connectivity index (χ3v) is 6.58. The van der Waals surface area contributed by atoms with Crippen LogP contribution in [0.3, 0.4) is 0 Å². The first-order chi connectivity index (χ1) is 15.0. The standard InChI is InChI=1S/C24H36N6O/c1-28(2)23-21(19-10-7-11-20(16-19)31-3)22(25)26-24(27-23)30-14-12-29(13-15-30)17-18-8-5-4-6-9-18/h7,10-11,16,18H,4-6,8-9,12-15,17H2,1-3H3,(H2,25,26,27). The van der Waals surface area contributed by atoms with E-state index in [4.69, 9.17) is 20.4 Å². The van der Waals surface area contributed by atoms with Gasteiger partial charge in [0.25, 0.3) is 0 Å². The Morgan fingerprint density at radius 3 is 2.48 bits per heavy atom. The van der Waals surface area contributed by atoms with Gasteiger partial charge < -0.3 is 20.3 Å². The van der Waals surface area contributed by atoms with Gasteiger partial charge in [0.2, 0.25) is 5.95 Å². The lowest BCUT2D eigenvalue weighted by Crippen LogP contribution is -2.48. The quantitative estimate of drug-likeness (QED) is 0.761. The van der Waals surface area contributed by atoms with Crippen LogP contribution >= 0.6 is 0 Å². The van der Waals surface area contributed by atoms with Gasteiger partial charge in [0.1, 0.15) is 17.4 Å². The van der Waals surface area contributed by atoms with Crippen LogP contribution in [0.1, 0.15) is 32.1 Å². The molecule has 1 aliphatic carbocycles. The molecule has 2 fully saturated rings. The minimum atomic E-state index is 0.506. The summed E-state index contributed by atoms with van der Waals surface area (Å²) in [6, 6.07) is 7.89. The Balaban J connectivity index is 1.50. The second kappa shape index (κ2) is 9.73. The first-order valence-electron chi connectivity index (χ1n) is 11.5. The number of rotatable bonds is 6. The predicted molar refractivity (Wildman–Crippen MR) is 128 cm³/mol. The summed E-state index contributed by atoms with van der Waals surface area (Å²) in [7, 11) is 5.66. The van der Waals surface area contributed by atoms with Crippen molar-refractivity contribution in [3.8, 4) is 16.9 Å². The molecular weight excluding hydrogens is 388 g/mol. The predicted octanol–water partition coefficient (Wildman–Crippen LogP) is 3.50. The lowest BCUT2D eigenvalue weighted by molar-refractivity contribution is 0.191. The fourth-order valence-electron chi connectivity index (χ4n) is 4.84. The smallest absolute Gasteiger partial charge is 0.229 e. The summed E-state index contributed by atoms with van der Waals surface area (Å²) in [6.07, 6.45) is 7.04. The van der Waals surface area contributed by atoms with Gasteiger partial charge in [-0.15, -0.1) is 0 Å². The van der Waals surface area contributed by atoms with Crippen LogP contribution in [0.2, 0.25) is 0 Å². The molecule has 4 rings (SSSR count). The fraction of sp³-hybridized carbons (Fsp3) is 0.583. The summed E-state index contributed by atoms with van der Waals surface area (Å²) in [6.45, 7) is 5.26. The van der Waals surface area contributed by atoms with Crippen LogP contribution in [0.15, 0.2) is 24.3 Å². The van der Waals surface area contributed by atoms with Gasteiger partial charge in [0.05, 0.1) is 12.7 Å². The Labute approximate surface area is 186 Å². The molecule has 0 amide bonds. The highest BCUT2D eigenvalue weighted by Crippen LogP contribution is 2.36. The molecule has 2 aromatic rings. The summed E-state index contributed by atoms with van der Waals surface area (Å²) < 4.78 is 5.39. The summed E-state index contributed by atoms with van der Waals surface area (Å²) in [5.41, 5.74) is 8.30. The second-order valence-electron chi connectivity index (χ2n) is 9.03. The van der Waals surface area contributed by atoms with E-state index in [0.717, 1.165) is 60.7 Å². The molecule has 1 aliphatic heterocycles. The van der Waals surface area contributed by atoms with Crippen LogP contribution in [0.5, 0.6) is 5.75 Å². The van der Waals surface area contributed by atoms with Crippen molar-refractivity contribution >= 4 is 17.6 Å². The Kier molecular flexibility index (Phi) is 6.80. The molecule has 2 N–H and O–H groups in total. The topological polar surface area (TPSA) is 70.8 Å². The van der Waals surface area contributed by atoms with E-state index in [1.54, 1.807) is 7.11 Å². The maximum atomic E-state index is 6.49. The Hall–Kier alpha value is -2.54. The number of ether oxygens (including phenoxy) is 1.